The molecule has 0 saturated carbocycles. The van der Waals surface area contributed by atoms with Gasteiger partial charge in [-0.1, -0.05) is 141 Å². The van der Waals surface area contributed by atoms with E-state index in [1.165, 1.54) is 154 Å². The molecule has 3 nitrogen and oxygen atoms in total. The number of carbonyl (C=O) groups is 2. The quantitative estimate of drug-likeness (QED) is 0.0690. The second-order valence-electron chi connectivity index (χ2n) is 10.7. The van der Waals surface area contributed by atoms with Gasteiger partial charge in [-0.3, -0.25) is 0 Å². The molecule has 0 amide bonds. The molecule has 0 aromatic rings. The highest BCUT2D eigenvalue weighted by atomic mass is 16.5. The number of unbranched alkanes of at least 4 members (excludes halogenated alkanes) is 26. The first-order valence-corrected chi connectivity index (χ1v) is 15.9. The molecule has 0 fully saturated rings. The van der Waals surface area contributed by atoms with Gasteiger partial charge in [0.2, 0.25) is 0 Å². The molecule has 0 aliphatic heterocycles. The number of carbonyl (C=O) groups excluding carboxylic acids is 2. The summed E-state index contributed by atoms with van der Waals surface area (Å²) in [6.07, 6.45) is 38.2. The van der Waals surface area contributed by atoms with Crippen LogP contribution in [0.2, 0.25) is 0 Å². The van der Waals surface area contributed by atoms with Crippen LogP contribution in [-0.2, 0) is 14.3 Å². The molecule has 3 heteroatoms. The van der Waals surface area contributed by atoms with E-state index in [4.69, 9.17) is 4.74 Å². The van der Waals surface area contributed by atoms with Crippen LogP contribution in [0, 0.1) is 0 Å². The minimum Gasteiger partial charge on any atom is -0.381 e. The van der Waals surface area contributed by atoms with Crippen LogP contribution < -0.4 is 0 Å². The number of hydrogen-bond donors (Lipinski definition) is 0. The summed E-state index contributed by atoms with van der Waals surface area (Å²) in [4.78, 5) is 20.5. The van der Waals surface area contributed by atoms with Crippen LogP contribution in [0.4, 0.5) is 0 Å². The van der Waals surface area contributed by atoms with Gasteiger partial charge in [0, 0.05) is 26.1 Å². The van der Waals surface area contributed by atoms with Crippen molar-refractivity contribution >= 4 is 12.6 Å². The highest BCUT2D eigenvalue weighted by Gasteiger charge is 1.97. The van der Waals surface area contributed by atoms with E-state index >= 15 is 0 Å². The van der Waals surface area contributed by atoms with Crippen LogP contribution in [0.25, 0.3) is 0 Å². The summed E-state index contributed by atoms with van der Waals surface area (Å²) in [5, 5.41) is 0. The van der Waals surface area contributed by atoms with Gasteiger partial charge in [0.15, 0.2) is 0 Å². The third-order valence-corrected chi connectivity index (χ3v) is 7.22. The molecule has 0 radical (unpaired) electrons. The van der Waals surface area contributed by atoms with Gasteiger partial charge in [0.05, 0.1) is 0 Å². The number of ether oxygens (including phenoxy) is 1. The highest BCUT2D eigenvalue weighted by Crippen LogP contribution is 2.14. The SMILES string of the molecule is O=CCCCCCCCCCCCCCCCOCCCCCCCCCCCCCCCC=O. The zero-order valence-electron chi connectivity index (χ0n) is 23.6. The third-order valence-electron chi connectivity index (χ3n) is 7.22. The lowest BCUT2D eigenvalue weighted by atomic mass is 10.0. The van der Waals surface area contributed by atoms with E-state index in [1.54, 1.807) is 0 Å². The number of hydrogen-bond acceptors (Lipinski definition) is 3. The molecule has 0 aliphatic carbocycles. The first-order valence-electron chi connectivity index (χ1n) is 15.9. The predicted octanol–water partition coefficient (Wildman–Crippen LogP) is 10.3. The Bertz CT molecular complexity index is 360. The first kappa shape index (κ1) is 34.3. The molecular formula is C32H62O3. The monoisotopic (exact) mass is 494 g/mol. The van der Waals surface area contributed by atoms with E-state index in [1.807, 2.05) is 0 Å². The Morgan fingerprint density at radius 1 is 0.286 bits per heavy atom. The van der Waals surface area contributed by atoms with Gasteiger partial charge in [0.25, 0.3) is 0 Å². The molecule has 35 heavy (non-hydrogen) atoms. The van der Waals surface area contributed by atoms with Crippen molar-refractivity contribution < 1.29 is 14.3 Å². The predicted molar refractivity (Wildman–Crippen MR) is 152 cm³/mol. The van der Waals surface area contributed by atoms with E-state index in [0.717, 1.165) is 51.5 Å². The molecule has 0 bridgehead atoms. The number of aldehydes is 2. The topological polar surface area (TPSA) is 43.4 Å². The highest BCUT2D eigenvalue weighted by molar-refractivity contribution is 5.49. The van der Waals surface area contributed by atoms with E-state index in [9.17, 15) is 9.59 Å². The lowest BCUT2D eigenvalue weighted by Gasteiger charge is -2.05. The molecule has 0 N–H and O–H groups in total. The van der Waals surface area contributed by atoms with Gasteiger partial charge in [-0.2, -0.15) is 0 Å². The van der Waals surface area contributed by atoms with Crippen molar-refractivity contribution in [2.24, 2.45) is 0 Å². The standard InChI is InChI=1S/C32H62O3/c33-29-25-21-17-13-9-5-1-3-7-11-15-19-23-27-31-35-32-28-24-20-16-12-8-4-2-6-10-14-18-22-26-30-34/h29-30H,1-28,31-32H2. The fraction of sp³-hybridized carbons (Fsp3) is 0.938. The van der Waals surface area contributed by atoms with Crippen LogP contribution in [0.15, 0.2) is 0 Å². The molecule has 0 unspecified atom stereocenters. The van der Waals surface area contributed by atoms with Crippen LogP contribution in [0.3, 0.4) is 0 Å². The Morgan fingerprint density at radius 2 is 0.486 bits per heavy atom. The van der Waals surface area contributed by atoms with E-state index in [2.05, 4.69) is 0 Å². The van der Waals surface area contributed by atoms with E-state index in [0.29, 0.717) is 0 Å². The fourth-order valence-electron chi connectivity index (χ4n) is 4.85. The van der Waals surface area contributed by atoms with Gasteiger partial charge >= 0.3 is 0 Å². The van der Waals surface area contributed by atoms with Crippen LogP contribution in [0.1, 0.15) is 180 Å². The first-order chi connectivity index (χ1) is 17.4. The average molecular weight is 495 g/mol. The average Bonchev–Trinajstić information content (AvgIpc) is 2.87. The van der Waals surface area contributed by atoms with E-state index in [-0.39, 0.29) is 0 Å². The van der Waals surface area contributed by atoms with Crippen molar-refractivity contribution in [1.82, 2.24) is 0 Å². The molecule has 0 aromatic carbocycles. The number of rotatable bonds is 32. The zero-order valence-corrected chi connectivity index (χ0v) is 23.6. The molecule has 0 heterocycles. The minimum atomic E-state index is 0.751. The normalized spacial score (nSPS) is 11.2. The second-order valence-corrected chi connectivity index (χ2v) is 10.7. The zero-order chi connectivity index (χ0) is 25.3. The molecule has 0 aromatic heterocycles. The van der Waals surface area contributed by atoms with E-state index < -0.39 is 0 Å². The Balaban J connectivity index is 3.01. The maximum absolute atomic E-state index is 10.3. The van der Waals surface area contributed by atoms with Crippen molar-refractivity contribution in [3.05, 3.63) is 0 Å². The summed E-state index contributed by atoms with van der Waals surface area (Å²) < 4.78 is 5.83. The summed E-state index contributed by atoms with van der Waals surface area (Å²) in [6, 6.07) is 0. The van der Waals surface area contributed by atoms with Crippen molar-refractivity contribution in [1.29, 1.82) is 0 Å². The summed E-state index contributed by atoms with van der Waals surface area (Å²) in [5.74, 6) is 0. The minimum absolute atomic E-state index is 0.751. The Kier molecular flexibility index (Phi) is 32.6. The van der Waals surface area contributed by atoms with Gasteiger partial charge in [-0.05, 0) is 25.7 Å². The summed E-state index contributed by atoms with van der Waals surface area (Å²) in [6.45, 7) is 1.92. The lowest BCUT2D eigenvalue weighted by molar-refractivity contribution is -0.108. The second kappa shape index (κ2) is 33.3. The van der Waals surface area contributed by atoms with Crippen molar-refractivity contribution in [3.63, 3.8) is 0 Å². The van der Waals surface area contributed by atoms with Gasteiger partial charge in [-0.15, -0.1) is 0 Å². The van der Waals surface area contributed by atoms with Crippen molar-refractivity contribution in [3.8, 4) is 0 Å². The van der Waals surface area contributed by atoms with Crippen LogP contribution in [-0.4, -0.2) is 25.8 Å². The third kappa shape index (κ3) is 33.3. The molecule has 0 saturated heterocycles. The van der Waals surface area contributed by atoms with Gasteiger partial charge in [0.1, 0.15) is 12.6 Å². The Morgan fingerprint density at radius 3 is 0.714 bits per heavy atom. The molecule has 0 spiro atoms. The Labute approximate surface area is 219 Å². The molecule has 0 aliphatic rings. The Hall–Kier alpha value is -0.700. The molecule has 0 atom stereocenters. The maximum atomic E-state index is 10.3. The fourth-order valence-corrected chi connectivity index (χ4v) is 4.85. The van der Waals surface area contributed by atoms with Crippen LogP contribution >= 0.6 is 0 Å². The van der Waals surface area contributed by atoms with Crippen molar-refractivity contribution in [2.45, 2.75) is 180 Å². The lowest BCUT2D eigenvalue weighted by Crippen LogP contribution is -1.97. The maximum Gasteiger partial charge on any atom is 0.119 e. The molecular weight excluding hydrogens is 432 g/mol. The smallest absolute Gasteiger partial charge is 0.119 e. The van der Waals surface area contributed by atoms with Crippen LogP contribution in [0.5, 0.6) is 0 Å². The molecule has 208 valence electrons. The van der Waals surface area contributed by atoms with Crippen molar-refractivity contribution in [2.75, 3.05) is 13.2 Å². The van der Waals surface area contributed by atoms with Gasteiger partial charge in [-0.25, -0.2) is 0 Å². The summed E-state index contributed by atoms with van der Waals surface area (Å²) >= 11 is 0. The summed E-state index contributed by atoms with van der Waals surface area (Å²) in [7, 11) is 0. The molecule has 0 rings (SSSR count). The summed E-state index contributed by atoms with van der Waals surface area (Å²) in [5.41, 5.74) is 0. The largest absolute Gasteiger partial charge is 0.381 e. The van der Waals surface area contributed by atoms with Gasteiger partial charge < -0.3 is 14.3 Å².